The lowest BCUT2D eigenvalue weighted by Gasteiger charge is -2.06. The Labute approximate surface area is 115 Å². The van der Waals surface area contributed by atoms with Gasteiger partial charge in [-0.1, -0.05) is 18.2 Å². The molecule has 0 aliphatic carbocycles. The SMILES string of the molecule is Nc1ncc2cc(NC(=O)c3ccccc3)ccc2n1. The van der Waals surface area contributed by atoms with Gasteiger partial charge in [0, 0.05) is 22.8 Å². The Morgan fingerprint density at radius 2 is 1.90 bits per heavy atom. The zero-order valence-corrected chi connectivity index (χ0v) is 10.6. The number of rotatable bonds is 2. The van der Waals surface area contributed by atoms with Crippen LogP contribution in [0.25, 0.3) is 10.9 Å². The number of carbonyl (C=O) groups is 1. The zero-order chi connectivity index (χ0) is 13.9. The van der Waals surface area contributed by atoms with Crippen LogP contribution in [-0.2, 0) is 0 Å². The van der Waals surface area contributed by atoms with Crippen molar-refractivity contribution in [3.05, 3.63) is 60.3 Å². The average molecular weight is 264 g/mol. The number of hydrogen-bond acceptors (Lipinski definition) is 4. The van der Waals surface area contributed by atoms with E-state index in [1.165, 1.54) is 0 Å². The summed E-state index contributed by atoms with van der Waals surface area (Å²) in [5, 5.41) is 3.66. The van der Waals surface area contributed by atoms with E-state index in [1.807, 2.05) is 24.3 Å². The first-order chi connectivity index (χ1) is 9.72. The fourth-order valence-corrected chi connectivity index (χ4v) is 1.92. The first-order valence-corrected chi connectivity index (χ1v) is 6.11. The van der Waals surface area contributed by atoms with Gasteiger partial charge >= 0.3 is 0 Å². The minimum absolute atomic E-state index is 0.152. The van der Waals surface area contributed by atoms with Crippen LogP contribution in [0.5, 0.6) is 0 Å². The molecule has 3 aromatic rings. The number of amides is 1. The van der Waals surface area contributed by atoms with Gasteiger partial charge in [-0.15, -0.1) is 0 Å². The minimum Gasteiger partial charge on any atom is -0.368 e. The van der Waals surface area contributed by atoms with Crippen molar-refractivity contribution in [2.24, 2.45) is 0 Å². The summed E-state index contributed by atoms with van der Waals surface area (Å²) in [5.41, 5.74) is 7.58. The molecule has 0 aliphatic rings. The van der Waals surface area contributed by atoms with Crippen LogP contribution in [0.15, 0.2) is 54.7 Å². The molecule has 0 bridgehead atoms. The minimum atomic E-state index is -0.152. The van der Waals surface area contributed by atoms with Gasteiger partial charge in [0.2, 0.25) is 5.95 Å². The zero-order valence-electron chi connectivity index (χ0n) is 10.6. The number of benzene rings is 2. The Morgan fingerprint density at radius 3 is 2.70 bits per heavy atom. The molecule has 1 aromatic heterocycles. The second-order valence-electron chi connectivity index (χ2n) is 4.32. The predicted octanol–water partition coefficient (Wildman–Crippen LogP) is 2.46. The van der Waals surface area contributed by atoms with Crippen LogP contribution in [0.3, 0.4) is 0 Å². The van der Waals surface area contributed by atoms with Crippen molar-refractivity contribution in [2.75, 3.05) is 11.1 Å². The molecule has 2 aromatic carbocycles. The van der Waals surface area contributed by atoms with Crippen LogP contribution in [-0.4, -0.2) is 15.9 Å². The fraction of sp³-hybridized carbons (Fsp3) is 0. The third-order valence-corrected chi connectivity index (χ3v) is 2.89. The predicted molar refractivity (Wildman–Crippen MR) is 78.3 cm³/mol. The van der Waals surface area contributed by atoms with Crippen molar-refractivity contribution < 1.29 is 4.79 Å². The molecule has 0 spiro atoms. The molecule has 0 saturated carbocycles. The molecule has 5 heteroatoms. The molecule has 1 amide bonds. The highest BCUT2D eigenvalue weighted by molar-refractivity contribution is 6.05. The van der Waals surface area contributed by atoms with Crippen molar-refractivity contribution in [1.82, 2.24) is 9.97 Å². The van der Waals surface area contributed by atoms with Gasteiger partial charge in [0.25, 0.3) is 5.91 Å². The Kier molecular flexibility index (Phi) is 3.01. The van der Waals surface area contributed by atoms with E-state index >= 15 is 0 Å². The molecule has 20 heavy (non-hydrogen) atoms. The lowest BCUT2D eigenvalue weighted by atomic mass is 10.2. The van der Waals surface area contributed by atoms with Crippen molar-refractivity contribution in [3.8, 4) is 0 Å². The lowest BCUT2D eigenvalue weighted by molar-refractivity contribution is 0.102. The molecule has 5 nitrogen and oxygen atoms in total. The summed E-state index contributed by atoms with van der Waals surface area (Å²) >= 11 is 0. The van der Waals surface area contributed by atoms with Crippen molar-refractivity contribution in [3.63, 3.8) is 0 Å². The Morgan fingerprint density at radius 1 is 1.10 bits per heavy atom. The Balaban J connectivity index is 1.88. The molecule has 0 fully saturated rings. The van der Waals surface area contributed by atoms with Crippen LogP contribution in [0, 0.1) is 0 Å². The number of fused-ring (bicyclic) bond motifs is 1. The number of aromatic nitrogens is 2. The van der Waals surface area contributed by atoms with Crippen LogP contribution in [0.4, 0.5) is 11.6 Å². The van der Waals surface area contributed by atoms with E-state index in [4.69, 9.17) is 5.73 Å². The highest BCUT2D eigenvalue weighted by Crippen LogP contribution is 2.18. The smallest absolute Gasteiger partial charge is 0.255 e. The summed E-state index contributed by atoms with van der Waals surface area (Å²) < 4.78 is 0. The van der Waals surface area contributed by atoms with Crippen LogP contribution >= 0.6 is 0 Å². The summed E-state index contributed by atoms with van der Waals surface area (Å²) in [6.45, 7) is 0. The van der Waals surface area contributed by atoms with E-state index in [-0.39, 0.29) is 11.9 Å². The third kappa shape index (κ3) is 2.42. The molecular weight excluding hydrogens is 252 g/mol. The van der Waals surface area contributed by atoms with Gasteiger partial charge in [0.15, 0.2) is 0 Å². The maximum Gasteiger partial charge on any atom is 0.255 e. The number of nitrogens with one attached hydrogen (secondary N) is 1. The van der Waals surface area contributed by atoms with E-state index in [1.54, 1.807) is 30.5 Å². The highest BCUT2D eigenvalue weighted by Gasteiger charge is 2.06. The van der Waals surface area contributed by atoms with Crippen molar-refractivity contribution in [2.45, 2.75) is 0 Å². The number of nitrogens with two attached hydrogens (primary N) is 1. The molecule has 0 atom stereocenters. The first-order valence-electron chi connectivity index (χ1n) is 6.11. The second-order valence-corrected chi connectivity index (χ2v) is 4.32. The van der Waals surface area contributed by atoms with Gasteiger partial charge in [-0.25, -0.2) is 9.97 Å². The molecule has 3 N–H and O–H groups in total. The van der Waals surface area contributed by atoms with Gasteiger partial charge < -0.3 is 11.1 Å². The van der Waals surface area contributed by atoms with Crippen molar-refractivity contribution >= 4 is 28.4 Å². The van der Waals surface area contributed by atoms with E-state index in [0.717, 1.165) is 10.9 Å². The van der Waals surface area contributed by atoms with Gasteiger partial charge in [0.05, 0.1) is 5.52 Å². The summed E-state index contributed by atoms with van der Waals surface area (Å²) in [7, 11) is 0. The van der Waals surface area contributed by atoms with Crippen molar-refractivity contribution in [1.29, 1.82) is 0 Å². The average Bonchev–Trinajstić information content (AvgIpc) is 2.48. The molecule has 98 valence electrons. The van der Waals surface area contributed by atoms with E-state index in [0.29, 0.717) is 11.3 Å². The van der Waals surface area contributed by atoms with Crippen LogP contribution in [0.2, 0.25) is 0 Å². The molecule has 0 radical (unpaired) electrons. The molecule has 1 heterocycles. The molecule has 0 unspecified atom stereocenters. The van der Waals surface area contributed by atoms with E-state index in [9.17, 15) is 4.79 Å². The highest BCUT2D eigenvalue weighted by atomic mass is 16.1. The van der Waals surface area contributed by atoms with Gasteiger partial charge in [0.1, 0.15) is 0 Å². The number of nitrogens with zero attached hydrogens (tertiary/aromatic N) is 2. The second kappa shape index (κ2) is 4.97. The number of hydrogen-bond donors (Lipinski definition) is 2. The Bertz CT molecular complexity index is 771. The monoisotopic (exact) mass is 264 g/mol. The quantitative estimate of drug-likeness (QED) is 0.745. The van der Waals surface area contributed by atoms with E-state index in [2.05, 4.69) is 15.3 Å². The molecule has 0 saturated heterocycles. The Hall–Kier alpha value is -2.95. The lowest BCUT2D eigenvalue weighted by Crippen LogP contribution is -2.11. The standard InChI is InChI=1S/C15H12N4O/c16-15-17-9-11-8-12(6-7-13(11)19-15)18-14(20)10-4-2-1-3-5-10/h1-9H,(H,18,20)(H2,16,17,19). The summed E-state index contributed by atoms with van der Waals surface area (Å²) in [6, 6.07) is 14.5. The number of nitrogen functional groups attached to an aromatic ring is 1. The van der Waals surface area contributed by atoms with Crippen LogP contribution < -0.4 is 11.1 Å². The summed E-state index contributed by atoms with van der Waals surface area (Å²) in [4.78, 5) is 20.1. The number of anilines is 2. The van der Waals surface area contributed by atoms with E-state index < -0.39 is 0 Å². The molecular formula is C15H12N4O. The van der Waals surface area contributed by atoms with Gasteiger partial charge in [-0.2, -0.15) is 0 Å². The maximum absolute atomic E-state index is 12.0. The summed E-state index contributed by atoms with van der Waals surface area (Å²) in [6.07, 6.45) is 1.63. The normalized spacial score (nSPS) is 10.4. The first kappa shape index (κ1) is 12.1. The molecule has 3 rings (SSSR count). The largest absolute Gasteiger partial charge is 0.368 e. The van der Waals surface area contributed by atoms with Crippen LogP contribution in [0.1, 0.15) is 10.4 Å². The maximum atomic E-state index is 12.0. The summed E-state index contributed by atoms with van der Waals surface area (Å²) in [5.74, 6) is 0.0832. The fourth-order valence-electron chi connectivity index (χ4n) is 1.92. The third-order valence-electron chi connectivity index (χ3n) is 2.89. The van der Waals surface area contributed by atoms with Gasteiger partial charge in [-0.05, 0) is 30.3 Å². The van der Waals surface area contributed by atoms with Gasteiger partial charge in [-0.3, -0.25) is 4.79 Å². The topological polar surface area (TPSA) is 80.9 Å². The molecule has 0 aliphatic heterocycles. The number of carbonyl (C=O) groups excluding carboxylic acids is 1.